The van der Waals surface area contributed by atoms with Crippen molar-refractivity contribution >= 4 is 40.5 Å². The summed E-state index contributed by atoms with van der Waals surface area (Å²) in [4.78, 5) is 58.3. The molecule has 13 heteroatoms. The molecule has 6 rings (SSSR count). The van der Waals surface area contributed by atoms with Crippen molar-refractivity contribution in [1.82, 2.24) is 20.9 Å². The van der Waals surface area contributed by atoms with Gasteiger partial charge in [0, 0.05) is 37.8 Å². The molecule has 12 nitrogen and oxygen atoms in total. The zero-order valence-corrected chi connectivity index (χ0v) is 45.0. The Morgan fingerprint density at radius 3 is 2.05 bits per heavy atom. The second kappa shape index (κ2) is 28.4. The molecule has 0 radical (unpaired) electrons. The zero-order chi connectivity index (χ0) is 53.0. The number of hydrogen-bond donors (Lipinski definition) is 6. The molecule has 1 aliphatic carbocycles. The highest BCUT2D eigenvalue weighted by Gasteiger charge is 2.34. The summed E-state index contributed by atoms with van der Waals surface area (Å²) in [5.74, 6) is -0.134. The van der Waals surface area contributed by atoms with E-state index in [0.717, 1.165) is 114 Å². The highest BCUT2D eigenvalue weighted by atomic mass is 32.1. The predicted molar refractivity (Wildman–Crippen MR) is 298 cm³/mol. The first-order valence-electron chi connectivity index (χ1n) is 26.7. The summed E-state index contributed by atoms with van der Waals surface area (Å²) < 4.78 is 6.02. The molecule has 0 unspecified atom stereocenters. The Kier molecular flexibility index (Phi) is 21.9. The van der Waals surface area contributed by atoms with Crippen molar-refractivity contribution in [2.75, 3.05) is 12.3 Å². The smallest absolute Gasteiger partial charge is 0.227 e. The maximum absolute atomic E-state index is 13.8. The molecule has 0 aliphatic heterocycles. The molecule has 4 atom stereocenters. The van der Waals surface area contributed by atoms with Gasteiger partial charge in [-0.25, -0.2) is 4.98 Å². The number of anilines is 1. The van der Waals surface area contributed by atoms with Crippen molar-refractivity contribution < 1.29 is 34.1 Å². The zero-order valence-electron chi connectivity index (χ0n) is 44.2. The normalized spacial score (nSPS) is 15.4. The summed E-state index contributed by atoms with van der Waals surface area (Å²) >= 11 is 1.60. The van der Waals surface area contributed by atoms with Gasteiger partial charge in [0.1, 0.15) is 11.5 Å². The molecule has 74 heavy (non-hydrogen) atoms. The van der Waals surface area contributed by atoms with E-state index in [4.69, 9.17) is 10.5 Å². The number of nitrogens with zero attached hydrogens (tertiary/aromatic N) is 1. The summed E-state index contributed by atoms with van der Waals surface area (Å²) in [5.41, 5.74) is 15.5. The number of ether oxygens (including phenoxy) is 1. The van der Waals surface area contributed by atoms with Crippen molar-refractivity contribution in [3.8, 4) is 33.1 Å². The van der Waals surface area contributed by atoms with Crippen LogP contribution in [0.25, 0.3) is 21.6 Å². The minimum atomic E-state index is -0.733. The maximum Gasteiger partial charge on any atom is 0.227 e. The van der Waals surface area contributed by atoms with Gasteiger partial charge in [0.2, 0.25) is 17.7 Å². The Labute approximate surface area is 443 Å². The monoisotopic (exact) mass is 1030 g/mol. The van der Waals surface area contributed by atoms with Gasteiger partial charge in [-0.3, -0.25) is 19.2 Å². The van der Waals surface area contributed by atoms with Gasteiger partial charge in [0.15, 0.2) is 5.78 Å². The molecule has 3 amide bonds. The second-order valence-corrected chi connectivity index (χ2v) is 22.0. The average molecular weight is 1030 g/mol. The number of aryl methyl sites for hydroxylation is 1. The van der Waals surface area contributed by atoms with Gasteiger partial charge in [-0.05, 0) is 91.0 Å². The van der Waals surface area contributed by atoms with Crippen LogP contribution in [0.15, 0.2) is 108 Å². The van der Waals surface area contributed by atoms with Crippen molar-refractivity contribution in [3.05, 3.63) is 131 Å². The summed E-state index contributed by atoms with van der Waals surface area (Å²) in [6, 6.07) is 28.0. The molecule has 0 saturated heterocycles. The number of carbonyl (C=O) groups is 4. The Bertz CT molecular complexity index is 2640. The third kappa shape index (κ3) is 18.0. The molecular formula is C61H79N5O7S. The quantitative estimate of drug-likeness (QED) is 0.0161. The van der Waals surface area contributed by atoms with E-state index in [-0.39, 0.29) is 41.7 Å². The first-order chi connectivity index (χ1) is 35.5. The second-order valence-electron chi connectivity index (χ2n) is 21.2. The number of rotatable bonds is 28. The number of thiazole rings is 1. The highest BCUT2D eigenvalue weighted by molar-refractivity contribution is 7.13. The Hall–Kier alpha value is -6.31. The van der Waals surface area contributed by atoms with Crippen molar-refractivity contribution in [2.24, 2.45) is 11.3 Å². The van der Waals surface area contributed by atoms with Gasteiger partial charge >= 0.3 is 0 Å². The average Bonchev–Trinajstić information content (AvgIpc) is 3.81. The third-order valence-corrected chi connectivity index (χ3v) is 14.9. The first-order valence-corrected chi connectivity index (χ1v) is 27.6. The van der Waals surface area contributed by atoms with E-state index in [1.807, 2.05) is 107 Å². The number of benzene rings is 4. The number of phenols is 1. The summed E-state index contributed by atoms with van der Waals surface area (Å²) in [6.07, 6.45) is 13.8. The molecule has 7 N–H and O–H groups in total. The van der Waals surface area contributed by atoms with Crippen LogP contribution in [-0.2, 0) is 32.1 Å². The predicted octanol–water partition coefficient (Wildman–Crippen LogP) is 12.1. The molecule has 1 heterocycles. The third-order valence-electron chi connectivity index (χ3n) is 13.9. The Morgan fingerprint density at radius 1 is 0.797 bits per heavy atom. The minimum Gasteiger partial charge on any atom is -0.507 e. The summed E-state index contributed by atoms with van der Waals surface area (Å²) in [6.45, 7) is 10.7. The van der Waals surface area contributed by atoms with Crippen LogP contribution in [0.5, 0.6) is 11.5 Å². The Morgan fingerprint density at radius 2 is 1.42 bits per heavy atom. The van der Waals surface area contributed by atoms with E-state index < -0.39 is 23.5 Å². The number of aliphatic hydroxyl groups excluding tert-OH is 1. The summed E-state index contributed by atoms with van der Waals surface area (Å²) in [5, 5.41) is 30.2. The highest BCUT2D eigenvalue weighted by Crippen LogP contribution is 2.35. The molecule has 1 aromatic heterocycles. The van der Waals surface area contributed by atoms with Crippen molar-refractivity contribution in [3.63, 3.8) is 0 Å². The number of ketones is 1. The lowest BCUT2D eigenvalue weighted by molar-refractivity contribution is -0.130. The molecule has 5 aromatic rings. The fourth-order valence-corrected chi connectivity index (χ4v) is 10.4. The number of Topliss-reactive ketones (excluding diaryl/α,β-unsaturated/α-hetero) is 1. The topological polar surface area (TPSA) is 193 Å². The van der Waals surface area contributed by atoms with E-state index in [1.54, 1.807) is 29.5 Å². The summed E-state index contributed by atoms with van der Waals surface area (Å²) in [7, 11) is 0. The van der Waals surface area contributed by atoms with Crippen LogP contribution in [0.4, 0.5) is 5.69 Å². The van der Waals surface area contributed by atoms with Gasteiger partial charge in [-0.1, -0.05) is 157 Å². The number of nitrogens with two attached hydrogens (primary N) is 1. The van der Waals surface area contributed by atoms with Gasteiger partial charge in [-0.2, -0.15) is 0 Å². The molecule has 1 aliphatic rings. The molecule has 0 saturated carbocycles. The standard InChI is InChI=1S/C61H79N5O7S/c1-41(46-26-28-47(29-27-46)58-42(2)64-40-74-58)65-60(72)49-34-45(35-50(67)37-49)36-54(69)59(61(3,4)5)66-57(71)21-15-13-11-9-7-6-8-10-12-14-20-56(70)63-39-44-24-22-43(23-25-44)32-33-73-55-38-48(30-31-52(55)62)51-18-16-17-19-53(51)68/h16-19,22-31,34,38,40-41,49-50,59,67-68H,6-15,20-21,32-33,35-37,39,62H2,1-5H3,(H,63,70)(H,65,72)(H,66,71)/t41-,49-,50-,59+/m0/s1. The molecule has 0 spiro atoms. The lowest BCUT2D eigenvalue weighted by Crippen LogP contribution is -2.49. The number of amides is 3. The van der Waals surface area contributed by atoms with Gasteiger partial charge in [0.25, 0.3) is 0 Å². The minimum absolute atomic E-state index is 0.0709. The largest absolute Gasteiger partial charge is 0.507 e. The molecule has 0 bridgehead atoms. The van der Waals surface area contributed by atoms with Gasteiger partial charge in [-0.15, -0.1) is 11.3 Å². The van der Waals surface area contributed by atoms with Gasteiger partial charge in [0.05, 0.1) is 52.5 Å². The van der Waals surface area contributed by atoms with Crippen LogP contribution in [0.1, 0.15) is 152 Å². The lowest BCUT2D eigenvalue weighted by atomic mass is 9.79. The molecule has 4 aromatic carbocycles. The number of aliphatic hydroxyl groups is 1. The number of para-hydroxylation sites is 1. The maximum atomic E-state index is 13.8. The van der Waals surface area contributed by atoms with E-state index in [0.29, 0.717) is 56.7 Å². The number of unbranched alkanes of at least 4 members (excludes halogenated alkanes) is 9. The van der Waals surface area contributed by atoms with E-state index >= 15 is 0 Å². The molecular weight excluding hydrogens is 947 g/mol. The number of hydrogen-bond acceptors (Lipinski definition) is 10. The van der Waals surface area contributed by atoms with Crippen LogP contribution in [0, 0.1) is 18.3 Å². The van der Waals surface area contributed by atoms with Crippen LogP contribution in [0.3, 0.4) is 0 Å². The number of carbonyl (C=O) groups excluding carboxylic acids is 4. The van der Waals surface area contributed by atoms with Crippen LogP contribution in [-0.4, -0.2) is 57.5 Å². The first kappa shape index (κ1) is 57.0. The molecule has 0 fully saturated rings. The number of nitrogen functional groups attached to an aromatic ring is 1. The van der Waals surface area contributed by atoms with Crippen molar-refractivity contribution in [2.45, 2.75) is 162 Å². The number of phenolic OH excluding ortho intramolecular Hbond substituents is 1. The fourth-order valence-electron chi connectivity index (χ4n) is 9.58. The van der Waals surface area contributed by atoms with Crippen LogP contribution >= 0.6 is 11.3 Å². The van der Waals surface area contributed by atoms with E-state index in [1.165, 1.54) is 0 Å². The van der Waals surface area contributed by atoms with E-state index in [9.17, 15) is 29.4 Å². The molecule has 396 valence electrons. The van der Waals surface area contributed by atoms with Gasteiger partial charge < -0.3 is 36.6 Å². The SMILES string of the molecule is Cc1ncsc1-c1ccc([C@H](C)NC(=O)[C@H]2C=C(CC(=O)[C@@H](NC(=O)CCCCCCCCCCCCC(=O)NCc3ccc(CCOc4cc(-c5ccccc5O)ccc4N)cc3)C(C)(C)C)C[C@H](O)C2)cc1. The van der Waals surface area contributed by atoms with Crippen molar-refractivity contribution in [1.29, 1.82) is 0 Å². The number of nitrogens with one attached hydrogen (secondary N) is 3. The van der Waals surface area contributed by atoms with E-state index in [2.05, 4.69) is 33.1 Å². The number of aromatic hydroxyl groups is 1. The lowest BCUT2D eigenvalue weighted by Gasteiger charge is -2.32. The van der Waals surface area contributed by atoms with Crippen LogP contribution in [0.2, 0.25) is 0 Å². The number of aromatic nitrogens is 1. The van der Waals surface area contributed by atoms with Crippen LogP contribution < -0.4 is 26.4 Å². The Balaban J connectivity index is 0.783. The fraction of sp³-hybridized carbons (Fsp3) is 0.459.